The number of anilines is 1. The van der Waals surface area contributed by atoms with Crippen LogP contribution in [0.2, 0.25) is 0 Å². The highest BCUT2D eigenvalue weighted by Crippen LogP contribution is 2.33. The van der Waals surface area contributed by atoms with Gasteiger partial charge in [0.2, 0.25) is 0 Å². The van der Waals surface area contributed by atoms with Gasteiger partial charge >= 0.3 is 0 Å². The second kappa shape index (κ2) is 7.60. The zero-order valence-corrected chi connectivity index (χ0v) is 15.2. The van der Waals surface area contributed by atoms with Crippen molar-refractivity contribution < 1.29 is 9.53 Å². The average Bonchev–Trinajstić information content (AvgIpc) is 2.61. The van der Waals surface area contributed by atoms with E-state index in [4.69, 9.17) is 4.74 Å². The Morgan fingerprint density at radius 2 is 1.96 bits per heavy atom. The number of hydrogen-bond donors (Lipinski definition) is 1. The first-order valence-electron chi connectivity index (χ1n) is 8.99. The van der Waals surface area contributed by atoms with Crippen LogP contribution in [0.4, 0.5) is 5.69 Å². The number of nitrogens with one attached hydrogen (secondary N) is 1. The van der Waals surface area contributed by atoms with Gasteiger partial charge in [0.25, 0.3) is 5.91 Å². The van der Waals surface area contributed by atoms with E-state index in [2.05, 4.69) is 19.2 Å². The number of nitrogens with zero attached hydrogens (tertiary/aromatic N) is 1. The lowest BCUT2D eigenvalue weighted by Crippen LogP contribution is -2.42. The molecule has 1 atom stereocenters. The maximum Gasteiger partial charge on any atom is 0.257 e. The Balaban J connectivity index is 1.84. The van der Waals surface area contributed by atoms with E-state index in [0.717, 1.165) is 29.0 Å². The SMILES string of the molecule is CCN1C(=O)c2ccccc2NC1c1cccc(OCCC(C)C)c1. The summed E-state index contributed by atoms with van der Waals surface area (Å²) >= 11 is 0. The molecule has 1 aliphatic heterocycles. The van der Waals surface area contributed by atoms with Crippen molar-refractivity contribution in [3.63, 3.8) is 0 Å². The first kappa shape index (κ1) is 17.3. The fourth-order valence-corrected chi connectivity index (χ4v) is 3.07. The van der Waals surface area contributed by atoms with Crippen molar-refractivity contribution in [3.05, 3.63) is 59.7 Å². The first-order chi connectivity index (χ1) is 12.1. The van der Waals surface area contributed by atoms with E-state index in [0.29, 0.717) is 19.1 Å². The van der Waals surface area contributed by atoms with Gasteiger partial charge in [0.1, 0.15) is 11.9 Å². The van der Waals surface area contributed by atoms with Crippen LogP contribution in [0.25, 0.3) is 0 Å². The van der Waals surface area contributed by atoms with Gasteiger partial charge in [-0.15, -0.1) is 0 Å². The molecule has 1 unspecified atom stereocenters. The van der Waals surface area contributed by atoms with Crippen molar-refractivity contribution in [2.75, 3.05) is 18.5 Å². The van der Waals surface area contributed by atoms with Gasteiger partial charge in [0.15, 0.2) is 0 Å². The fraction of sp³-hybridized carbons (Fsp3) is 0.381. The van der Waals surface area contributed by atoms with Gasteiger partial charge in [-0.25, -0.2) is 0 Å². The van der Waals surface area contributed by atoms with Gasteiger partial charge in [0, 0.05) is 12.2 Å². The molecular weight excluding hydrogens is 312 g/mol. The quantitative estimate of drug-likeness (QED) is 0.830. The molecule has 0 fully saturated rings. The van der Waals surface area contributed by atoms with Gasteiger partial charge in [0.05, 0.1) is 12.2 Å². The summed E-state index contributed by atoms with van der Waals surface area (Å²) in [7, 11) is 0. The molecule has 0 radical (unpaired) electrons. The molecule has 4 heteroatoms. The lowest BCUT2D eigenvalue weighted by Gasteiger charge is -2.37. The van der Waals surface area contributed by atoms with E-state index >= 15 is 0 Å². The van der Waals surface area contributed by atoms with Gasteiger partial charge in [-0.2, -0.15) is 0 Å². The number of ether oxygens (including phenoxy) is 1. The molecule has 132 valence electrons. The Labute approximate surface area is 149 Å². The van der Waals surface area contributed by atoms with Crippen LogP contribution < -0.4 is 10.1 Å². The van der Waals surface area contributed by atoms with Crippen LogP contribution in [0.5, 0.6) is 5.75 Å². The van der Waals surface area contributed by atoms with Crippen LogP contribution in [0.15, 0.2) is 48.5 Å². The third-order valence-electron chi connectivity index (χ3n) is 4.50. The van der Waals surface area contributed by atoms with Crippen molar-refractivity contribution in [2.45, 2.75) is 33.4 Å². The lowest BCUT2D eigenvalue weighted by atomic mass is 10.0. The summed E-state index contributed by atoms with van der Waals surface area (Å²) < 4.78 is 5.88. The molecule has 2 aromatic rings. The number of amides is 1. The molecule has 1 heterocycles. The highest BCUT2D eigenvalue weighted by Gasteiger charge is 2.31. The molecule has 2 aromatic carbocycles. The van der Waals surface area contributed by atoms with Crippen LogP contribution in [0, 0.1) is 5.92 Å². The van der Waals surface area contributed by atoms with Crippen LogP contribution in [-0.2, 0) is 0 Å². The summed E-state index contributed by atoms with van der Waals surface area (Å²) in [5, 5.41) is 3.50. The van der Waals surface area contributed by atoms with Gasteiger partial charge in [-0.3, -0.25) is 4.79 Å². The van der Waals surface area contributed by atoms with E-state index in [1.54, 1.807) is 0 Å². The van der Waals surface area contributed by atoms with Gasteiger partial charge < -0.3 is 15.0 Å². The maximum atomic E-state index is 12.8. The van der Waals surface area contributed by atoms with Crippen molar-refractivity contribution >= 4 is 11.6 Å². The number of carbonyl (C=O) groups is 1. The lowest BCUT2D eigenvalue weighted by molar-refractivity contribution is 0.0694. The Morgan fingerprint density at radius 3 is 2.72 bits per heavy atom. The summed E-state index contributed by atoms with van der Waals surface area (Å²) in [5.74, 6) is 1.53. The number of benzene rings is 2. The number of para-hydroxylation sites is 1. The third kappa shape index (κ3) is 3.78. The van der Waals surface area contributed by atoms with E-state index in [1.165, 1.54) is 0 Å². The Morgan fingerprint density at radius 1 is 1.16 bits per heavy atom. The molecule has 1 amide bonds. The second-order valence-electron chi connectivity index (χ2n) is 6.79. The Kier molecular flexibility index (Phi) is 5.27. The predicted octanol–water partition coefficient (Wildman–Crippen LogP) is 4.70. The van der Waals surface area contributed by atoms with E-state index < -0.39 is 0 Å². The van der Waals surface area contributed by atoms with Gasteiger partial charge in [-0.1, -0.05) is 38.1 Å². The van der Waals surface area contributed by atoms with Crippen molar-refractivity contribution in [1.29, 1.82) is 0 Å². The standard InChI is InChI=1S/C21H26N2O2/c1-4-23-20(22-19-11-6-5-10-18(19)21(23)24)16-8-7-9-17(14-16)25-13-12-15(2)3/h5-11,14-15,20,22H,4,12-13H2,1-3H3. The minimum atomic E-state index is -0.180. The number of fused-ring (bicyclic) bond motifs is 1. The van der Waals surface area contributed by atoms with Gasteiger partial charge in [-0.05, 0) is 49.1 Å². The topological polar surface area (TPSA) is 41.6 Å². The molecule has 1 N–H and O–H groups in total. The maximum absolute atomic E-state index is 12.8. The summed E-state index contributed by atoms with van der Waals surface area (Å²) in [6, 6.07) is 15.7. The molecule has 0 aromatic heterocycles. The third-order valence-corrected chi connectivity index (χ3v) is 4.50. The molecule has 3 rings (SSSR count). The minimum Gasteiger partial charge on any atom is -0.494 e. The van der Waals surface area contributed by atoms with Crippen LogP contribution >= 0.6 is 0 Å². The highest BCUT2D eigenvalue weighted by atomic mass is 16.5. The fourth-order valence-electron chi connectivity index (χ4n) is 3.07. The minimum absolute atomic E-state index is 0.0629. The van der Waals surface area contributed by atoms with E-state index in [-0.39, 0.29) is 12.1 Å². The summed E-state index contributed by atoms with van der Waals surface area (Å²) in [6.45, 7) is 7.73. The van der Waals surface area contributed by atoms with Crippen LogP contribution in [-0.4, -0.2) is 24.0 Å². The van der Waals surface area contributed by atoms with Crippen molar-refractivity contribution in [1.82, 2.24) is 4.90 Å². The van der Waals surface area contributed by atoms with E-state index in [1.807, 2.05) is 60.4 Å². The van der Waals surface area contributed by atoms with Crippen molar-refractivity contribution in [3.8, 4) is 5.75 Å². The second-order valence-corrected chi connectivity index (χ2v) is 6.79. The highest BCUT2D eigenvalue weighted by molar-refractivity contribution is 6.01. The summed E-state index contributed by atoms with van der Waals surface area (Å²) in [5.41, 5.74) is 2.64. The normalized spacial score (nSPS) is 16.6. The molecule has 0 saturated heterocycles. The summed E-state index contributed by atoms with van der Waals surface area (Å²) in [4.78, 5) is 14.7. The smallest absolute Gasteiger partial charge is 0.257 e. The Bertz CT molecular complexity index is 742. The van der Waals surface area contributed by atoms with Crippen LogP contribution in [0.3, 0.4) is 0 Å². The molecule has 0 bridgehead atoms. The molecular formula is C21H26N2O2. The summed E-state index contributed by atoms with van der Waals surface area (Å²) in [6.07, 6.45) is 0.847. The number of hydrogen-bond acceptors (Lipinski definition) is 3. The predicted molar refractivity (Wildman–Crippen MR) is 101 cm³/mol. The van der Waals surface area contributed by atoms with Crippen LogP contribution in [0.1, 0.15) is 49.3 Å². The monoisotopic (exact) mass is 338 g/mol. The molecule has 4 nitrogen and oxygen atoms in total. The zero-order chi connectivity index (χ0) is 17.8. The zero-order valence-electron chi connectivity index (χ0n) is 15.2. The molecule has 0 spiro atoms. The number of rotatable bonds is 6. The average molecular weight is 338 g/mol. The molecule has 25 heavy (non-hydrogen) atoms. The van der Waals surface area contributed by atoms with Crippen molar-refractivity contribution in [2.24, 2.45) is 5.92 Å². The molecule has 0 aliphatic carbocycles. The van der Waals surface area contributed by atoms with E-state index in [9.17, 15) is 4.79 Å². The molecule has 1 aliphatic rings. The number of carbonyl (C=O) groups excluding carboxylic acids is 1. The Hall–Kier alpha value is -2.49. The first-order valence-corrected chi connectivity index (χ1v) is 8.99. The largest absolute Gasteiger partial charge is 0.494 e. The molecule has 0 saturated carbocycles.